The standard InChI is InChI=1S/C12H14ClNO5/c1-3-19-9-5-7(4-8(13)10(9)15)11(16)14-6(2)12(17)18/h4-6,15H,3H2,1-2H3,(H,14,16)(H,17,18). The molecule has 0 aliphatic rings. The second-order valence-electron chi connectivity index (χ2n) is 3.77. The van der Waals surface area contributed by atoms with E-state index in [-0.39, 0.29) is 22.1 Å². The predicted octanol–water partition coefficient (Wildman–Crippen LogP) is 1.65. The van der Waals surface area contributed by atoms with Crippen molar-refractivity contribution in [3.8, 4) is 11.5 Å². The highest BCUT2D eigenvalue weighted by Crippen LogP contribution is 2.35. The maximum absolute atomic E-state index is 11.8. The van der Waals surface area contributed by atoms with Crippen molar-refractivity contribution in [1.29, 1.82) is 0 Å². The van der Waals surface area contributed by atoms with Crippen LogP contribution in [0.25, 0.3) is 0 Å². The number of carbonyl (C=O) groups excluding carboxylic acids is 1. The maximum atomic E-state index is 11.8. The van der Waals surface area contributed by atoms with Crippen molar-refractivity contribution in [2.24, 2.45) is 0 Å². The molecule has 0 aliphatic heterocycles. The molecule has 0 bridgehead atoms. The number of aliphatic carboxylic acids is 1. The molecule has 1 unspecified atom stereocenters. The third-order valence-corrected chi connectivity index (χ3v) is 2.60. The van der Waals surface area contributed by atoms with Gasteiger partial charge in [-0.1, -0.05) is 11.6 Å². The number of amides is 1. The van der Waals surface area contributed by atoms with Crippen molar-refractivity contribution in [1.82, 2.24) is 5.32 Å². The number of carboxylic acids is 1. The summed E-state index contributed by atoms with van der Waals surface area (Å²) in [7, 11) is 0. The minimum absolute atomic E-state index is 0.0425. The van der Waals surface area contributed by atoms with Crippen LogP contribution >= 0.6 is 11.6 Å². The Hall–Kier alpha value is -1.95. The lowest BCUT2D eigenvalue weighted by Crippen LogP contribution is -2.38. The highest BCUT2D eigenvalue weighted by Gasteiger charge is 2.18. The van der Waals surface area contributed by atoms with Crippen molar-refractivity contribution >= 4 is 23.5 Å². The molecule has 0 spiro atoms. The molecule has 0 aromatic heterocycles. The molecule has 19 heavy (non-hydrogen) atoms. The number of ether oxygens (including phenoxy) is 1. The van der Waals surface area contributed by atoms with E-state index < -0.39 is 17.9 Å². The van der Waals surface area contributed by atoms with Crippen LogP contribution in [0.1, 0.15) is 24.2 Å². The highest BCUT2D eigenvalue weighted by molar-refractivity contribution is 6.32. The van der Waals surface area contributed by atoms with Gasteiger partial charge in [-0.2, -0.15) is 0 Å². The zero-order valence-electron chi connectivity index (χ0n) is 10.4. The number of nitrogens with one attached hydrogen (secondary N) is 1. The van der Waals surface area contributed by atoms with Gasteiger partial charge in [-0.15, -0.1) is 0 Å². The van der Waals surface area contributed by atoms with Crippen LogP contribution in [0.3, 0.4) is 0 Å². The van der Waals surface area contributed by atoms with E-state index in [1.165, 1.54) is 19.1 Å². The van der Waals surface area contributed by atoms with Gasteiger partial charge >= 0.3 is 5.97 Å². The van der Waals surface area contributed by atoms with Crippen LogP contribution in [0, 0.1) is 0 Å². The zero-order chi connectivity index (χ0) is 14.6. The number of hydrogen-bond donors (Lipinski definition) is 3. The number of carboxylic acid groups (broad SMARTS) is 1. The van der Waals surface area contributed by atoms with Crippen molar-refractivity contribution < 1.29 is 24.5 Å². The van der Waals surface area contributed by atoms with Crippen LogP contribution in [0.15, 0.2) is 12.1 Å². The van der Waals surface area contributed by atoms with Gasteiger partial charge in [0.1, 0.15) is 6.04 Å². The van der Waals surface area contributed by atoms with Gasteiger partial charge in [-0.25, -0.2) is 0 Å². The molecule has 104 valence electrons. The molecule has 0 aliphatic carbocycles. The first kappa shape index (κ1) is 15.1. The number of hydrogen-bond acceptors (Lipinski definition) is 4. The van der Waals surface area contributed by atoms with Gasteiger partial charge in [0, 0.05) is 5.56 Å². The van der Waals surface area contributed by atoms with Gasteiger partial charge in [0.2, 0.25) is 0 Å². The van der Waals surface area contributed by atoms with E-state index in [2.05, 4.69) is 5.32 Å². The van der Waals surface area contributed by atoms with E-state index in [4.69, 9.17) is 21.4 Å². The van der Waals surface area contributed by atoms with Crippen LogP contribution in [-0.2, 0) is 4.79 Å². The Kier molecular flexibility index (Phi) is 5.00. The van der Waals surface area contributed by atoms with Crippen LogP contribution in [-0.4, -0.2) is 34.7 Å². The Bertz CT molecular complexity index is 503. The quantitative estimate of drug-likeness (QED) is 0.765. The monoisotopic (exact) mass is 287 g/mol. The molecule has 1 aromatic rings. The largest absolute Gasteiger partial charge is 0.503 e. The molecule has 1 aromatic carbocycles. The summed E-state index contributed by atoms with van der Waals surface area (Å²) in [6.45, 7) is 3.35. The Balaban J connectivity index is 3.00. The highest BCUT2D eigenvalue weighted by atomic mass is 35.5. The third-order valence-electron chi connectivity index (χ3n) is 2.31. The van der Waals surface area contributed by atoms with Gasteiger partial charge in [-0.05, 0) is 26.0 Å². The fourth-order valence-electron chi connectivity index (χ4n) is 1.31. The van der Waals surface area contributed by atoms with E-state index in [1.807, 2.05) is 0 Å². The normalized spacial score (nSPS) is 11.7. The third kappa shape index (κ3) is 3.75. The van der Waals surface area contributed by atoms with Crippen LogP contribution < -0.4 is 10.1 Å². The maximum Gasteiger partial charge on any atom is 0.325 e. The van der Waals surface area contributed by atoms with Crippen LogP contribution in [0.2, 0.25) is 5.02 Å². The minimum Gasteiger partial charge on any atom is -0.503 e. The lowest BCUT2D eigenvalue weighted by atomic mass is 10.1. The molecule has 3 N–H and O–H groups in total. The molecule has 7 heteroatoms. The molecule has 1 atom stereocenters. The van der Waals surface area contributed by atoms with Gasteiger partial charge in [-0.3, -0.25) is 9.59 Å². The summed E-state index contributed by atoms with van der Waals surface area (Å²) in [6.07, 6.45) is 0. The summed E-state index contributed by atoms with van der Waals surface area (Å²) in [6, 6.07) is 1.51. The number of halogens is 1. The van der Waals surface area contributed by atoms with E-state index >= 15 is 0 Å². The smallest absolute Gasteiger partial charge is 0.325 e. The first-order valence-electron chi connectivity index (χ1n) is 5.55. The topological polar surface area (TPSA) is 95.9 Å². The summed E-state index contributed by atoms with van der Waals surface area (Å²) in [4.78, 5) is 22.5. The summed E-state index contributed by atoms with van der Waals surface area (Å²) in [5.74, 6) is -1.95. The Morgan fingerprint density at radius 1 is 1.47 bits per heavy atom. The summed E-state index contributed by atoms with van der Waals surface area (Å²) in [5, 5.41) is 20.6. The number of aromatic hydroxyl groups is 1. The van der Waals surface area contributed by atoms with Crippen molar-refractivity contribution in [2.45, 2.75) is 19.9 Å². The first-order valence-corrected chi connectivity index (χ1v) is 5.93. The number of benzene rings is 1. The molecule has 0 radical (unpaired) electrons. The van der Waals surface area contributed by atoms with Gasteiger partial charge in [0.15, 0.2) is 11.5 Å². The van der Waals surface area contributed by atoms with E-state index in [9.17, 15) is 14.7 Å². The summed E-state index contributed by atoms with van der Waals surface area (Å²) < 4.78 is 5.13. The van der Waals surface area contributed by atoms with Gasteiger partial charge < -0.3 is 20.3 Å². The molecular formula is C12H14ClNO5. The molecule has 0 heterocycles. The second kappa shape index (κ2) is 6.29. The molecule has 1 rings (SSSR count). The second-order valence-corrected chi connectivity index (χ2v) is 4.18. The number of phenols is 1. The minimum atomic E-state index is -1.15. The summed E-state index contributed by atoms with van der Waals surface area (Å²) >= 11 is 5.77. The van der Waals surface area contributed by atoms with Gasteiger partial charge in [0.05, 0.1) is 11.6 Å². The number of rotatable bonds is 5. The zero-order valence-corrected chi connectivity index (χ0v) is 11.2. The Labute approximate surface area is 114 Å². The predicted molar refractivity (Wildman–Crippen MR) is 68.8 cm³/mol. The SMILES string of the molecule is CCOc1cc(C(=O)NC(C)C(=O)O)cc(Cl)c1O. The van der Waals surface area contributed by atoms with Crippen molar-refractivity contribution in [3.63, 3.8) is 0 Å². The molecule has 0 saturated carbocycles. The van der Waals surface area contributed by atoms with Crippen molar-refractivity contribution in [2.75, 3.05) is 6.61 Å². The average molecular weight is 288 g/mol. The van der Waals surface area contributed by atoms with Crippen LogP contribution in [0.4, 0.5) is 0 Å². The average Bonchev–Trinajstić information content (AvgIpc) is 2.34. The number of carbonyl (C=O) groups is 2. The Morgan fingerprint density at radius 2 is 2.11 bits per heavy atom. The summed E-state index contributed by atoms with van der Waals surface area (Å²) in [5.41, 5.74) is 0.111. The lowest BCUT2D eigenvalue weighted by Gasteiger charge is -2.12. The first-order chi connectivity index (χ1) is 8.86. The lowest BCUT2D eigenvalue weighted by molar-refractivity contribution is -0.138. The Morgan fingerprint density at radius 3 is 2.63 bits per heavy atom. The fourth-order valence-corrected chi connectivity index (χ4v) is 1.52. The fraction of sp³-hybridized carbons (Fsp3) is 0.333. The number of phenolic OH excluding ortho intramolecular Hbond substituents is 1. The molecule has 1 amide bonds. The molecular weight excluding hydrogens is 274 g/mol. The van der Waals surface area contributed by atoms with E-state index in [1.54, 1.807) is 6.92 Å². The van der Waals surface area contributed by atoms with Gasteiger partial charge in [0.25, 0.3) is 5.91 Å². The van der Waals surface area contributed by atoms with Crippen LogP contribution in [0.5, 0.6) is 11.5 Å². The molecule has 0 saturated heterocycles. The molecule has 0 fully saturated rings. The van der Waals surface area contributed by atoms with E-state index in [0.29, 0.717) is 6.61 Å². The van der Waals surface area contributed by atoms with E-state index in [0.717, 1.165) is 0 Å². The van der Waals surface area contributed by atoms with Crippen molar-refractivity contribution in [3.05, 3.63) is 22.7 Å². The molecule has 6 nitrogen and oxygen atoms in total.